The molecular formula is C20H20F2N3O2+. The van der Waals surface area contributed by atoms with E-state index in [1.165, 1.54) is 17.2 Å². The van der Waals surface area contributed by atoms with Crippen molar-refractivity contribution in [3.63, 3.8) is 0 Å². The van der Waals surface area contributed by atoms with Crippen molar-refractivity contribution in [1.82, 2.24) is 9.88 Å². The fourth-order valence-corrected chi connectivity index (χ4v) is 2.85. The van der Waals surface area contributed by atoms with Gasteiger partial charge in [0.05, 0.1) is 38.4 Å². The number of hydrogen-bond donors (Lipinski definition) is 2. The number of aromatic nitrogens is 1. The maximum absolute atomic E-state index is 14.2. The molecule has 2 aromatic carbocycles. The molecule has 3 rings (SSSR count). The van der Waals surface area contributed by atoms with E-state index >= 15 is 0 Å². The highest BCUT2D eigenvalue weighted by Gasteiger charge is 2.17. The summed E-state index contributed by atoms with van der Waals surface area (Å²) in [5, 5.41) is 3.58. The second-order valence-electron chi connectivity index (χ2n) is 6.57. The lowest BCUT2D eigenvalue weighted by atomic mass is 10.1. The number of likely N-dealkylation sites (N-methyl/N-ethyl adjacent to an activating group) is 1. The highest BCUT2D eigenvalue weighted by atomic mass is 19.1. The Kier molecular flexibility index (Phi) is 5.32. The van der Waals surface area contributed by atoms with E-state index < -0.39 is 17.2 Å². The predicted molar refractivity (Wildman–Crippen MR) is 99.5 cm³/mol. The maximum Gasteiger partial charge on any atom is 0.263 e. The molecule has 1 amide bonds. The normalized spacial score (nSPS) is 11.1. The minimum Gasteiger partial charge on any atom is -0.346 e. The first-order valence-corrected chi connectivity index (χ1v) is 8.55. The number of rotatable bonds is 5. The maximum atomic E-state index is 14.2. The van der Waals surface area contributed by atoms with Crippen molar-refractivity contribution >= 4 is 16.7 Å². The van der Waals surface area contributed by atoms with Gasteiger partial charge in [-0.25, -0.2) is 8.78 Å². The van der Waals surface area contributed by atoms with Gasteiger partial charge >= 0.3 is 0 Å². The van der Waals surface area contributed by atoms with E-state index in [1.54, 1.807) is 24.3 Å². The Hall–Kier alpha value is -3.06. The lowest BCUT2D eigenvalue weighted by Gasteiger charge is -2.14. The number of hydrogen-bond acceptors (Lipinski definition) is 2. The highest BCUT2D eigenvalue weighted by Crippen LogP contribution is 2.19. The molecule has 5 nitrogen and oxygen atoms in total. The summed E-state index contributed by atoms with van der Waals surface area (Å²) >= 11 is 0. The van der Waals surface area contributed by atoms with Gasteiger partial charge in [-0.2, -0.15) is 0 Å². The van der Waals surface area contributed by atoms with Crippen molar-refractivity contribution in [2.75, 3.05) is 27.2 Å². The number of nitrogens with zero attached hydrogens (tertiary/aromatic N) is 1. The number of carbonyl (C=O) groups is 1. The first-order valence-electron chi connectivity index (χ1n) is 8.55. The van der Waals surface area contributed by atoms with Gasteiger partial charge in [-0.05, 0) is 18.2 Å². The van der Waals surface area contributed by atoms with Gasteiger partial charge in [-0.15, -0.1) is 0 Å². The summed E-state index contributed by atoms with van der Waals surface area (Å²) < 4.78 is 28.5. The zero-order chi connectivity index (χ0) is 19.6. The lowest BCUT2D eigenvalue weighted by molar-refractivity contribution is -0.856. The standard InChI is InChI=1S/C20H19F2N3O2/c1-24(2)10-9-23-19(26)16-12-25(18-8-7-13(21)11-17(18)22)20(27)15-6-4-3-5-14(15)16/h3-8,11-12H,9-10H2,1-2H3,(H,23,26)/p+1. The Balaban J connectivity index is 2.14. The number of carbonyl (C=O) groups excluding carboxylic acids is 1. The minimum absolute atomic E-state index is 0.112. The van der Waals surface area contributed by atoms with Gasteiger partial charge in [0, 0.05) is 23.0 Å². The molecule has 1 aromatic heterocycles. The Morgan fingerprint density at radius 2 is 1.81 bits per heavy atom. The predicted octanol–water partition coefficient (Wildman–Crippen LogP) is 1.14. The van der Waals surface area contributed by atoms with Crippen molar-refractivity contribution in [1.29, 1.82) is 0 Å². The van der Waals surface area contributed by atoms with Gasteiger partial charge in [0.25, 0.3) is 11.5 Å². The first kappa shape index (κ1) is 18.7. The molecule has 0 unspecified atom stereocenters. The molecule has 0 spiro atoms. The molecule has 0 saturated heterocycles. The number of nitrogens with one attached hydrogen (secondary N) is 2. The second-order valence-corrected chi connectivity index (χ2v) is 6.57. The van der Waals surface area contributed by atoms with E-state index in [-0.39, 0.29) is 22.5 Å². The van der Waals surface area contributed by atoms with Crippen LogP contribution in [0.25, 0.3) is 16.5 Å². The summed E-state index contributed by atoms with van der Waals surface area (Å²) in [6.45, 7) is 1.19. The van der Waals surface area contributed by atoms with Crippen LogP contribution in [-0.2, 0) is 0 Å². The van der Waals surface area contributed by atoms with Crippen LogP contribution in [0, 0.1) is 11.6 Å². The van der Waals surface area contributed by atoms with E-state index in [2.05, 4.69) is 5.32 Å². The molecule has 2 N–H and O–H groups in total. The van der Waals surface area contributed by atoms with Crippen molar-refractivity contribution in [3.05, 3.63) is 76.2 Å². The third-order valence-corrected chi connectivity index (χ3v) is 4.25. The number of benzene rings is 2. The summed E-state index contributed by atoms with van der Waals surface area (Å²) in [4.78, 5) is 26.7. The summed E-state index contributed by atoms with van der Waals surface area (Å²) in [6.07, 6.45) is 1.30. The van der Waals surface area contributed by atoms with E-state index in [0.717, 1.165) is 17.2 Å². The first-order chi connectivity index (χ1) is 12.9. The van der Waals surface area contributed by atoms with E-state index in [1.807, 2.05) is 14.1 Å². The smallest absolute Gasteiger partial charge is 0.263 e. The Morgan fingerprint density at radius 1 is 1.11 bits per heavy atom. The molecule has 0 aliphatic heterocycles. The SMILES string of the molecule is C[NH+](C)CCNC(=O)c1cn(-c2ccc(F)cc2F)c(=O)c2ccccc12. The molecule has 0 aliphatic rings. The van der Waals surface area contributed by atoms with Crippen LogP contribution >= 0.6 is 0 Å². The molecule has 140 valence electrons. The molecule has 0 aliphatic carbocycles. The Bertz CT molecular complexity index is 1060. The molecule has 0 bridgehead atoms. The van der Waals surface area contributed by atoms with Crippen LogP contribution < -0.4 is 15.8 Å². The summed E-state index contributed by atoms with van der Waals surface area (Å²) in [5.41, 5.74) is -0.341. The van der Waals surface area contributed by atoms with E-state index in [9.17, 15) is 18.4 Å². The van der Waals surface area contributed by atoms with Crippen LogP contribution in [0.15, 0.2) is 53.5 Å². The van der Waals surface area contributed by atoms with Gasteiger partial charge in [-0.3, -0.25) is 14.2 Å². The fourth-order valence-electron chi connectivity index (χ4n) is 2.85. The number of fused-ring (bicyclic) bond motifs is 1. The molecule has 0 fully saturated rings. The van der Waals surface area contributed by atoms with E-state index in [0.29, 0.717) is 18.0 Å². The van der Waals surface area contributed by atoms with Crippen LogP contribution in [0.2, 0.25) is 0 Å². The van der Waals surface area contributed by atoms with Gasteiger partial charge in [-0.1, -0.05) is 18.2 Å². The third-order valence-electron chi connectivity index (χ3n) is 4.25. The van der Waals surface area contributed by atoms with Gasteiger partial charge in [0.1, 0.15) is 11.6 Å². The second kappa shape index (κ2) is 7.67. The number of quaternary nitrogens is 1. The molecule has 27 heavy (non-hydrogen) atoms. The van der Waals surface area contributed by atoms with Gasteiger partial charge in [0.15, 0.2) is 0 Å². The lowest BCUT2D eigenvalue weighted by Crippen LogP contribution is -3.06. The van der Waals surface area contributed by atoms with Crippen molar-refractivity contribution in [3.8, 4) is 5.69 Å². The Labute approximate surface area is 154 Å². The monoisotopic (exact) mass is 372 g/mol. The van der Waals surface area contributed by atoms with Crippen molar-refractivity contribution in [2.45, 2.75) is 0 Å². The van der Waals surface area contributed by atoms with Crippen molar-refractivity contribution < 1.29 is 18.5 Å². The largest absolute Gasteiger partial charge is 0.346 e. The third kappa shape index (κ3) is 3.88. The van der Waals surface area contributed by atoms with Crippen LogP contribution in [0.4, 0.5) is 8.78 Å². The zero-order valence-electron chi connectivity index (χ0n) is 15.1. The quantitative estimate of drug-likeness (QED) is 0.706. The number of pyridine rings is 1. The van der Waals surface area contributed by atoms with Crippen LogP contribution in [0.5, 0.6) is 0 Å². The van der Waals surface area contributed by atoms with Crippen LogP contribution in [-0.4, -0.2) is 37.7 Å². The van der Waals surface area contributed by atoms with E-state index in [4.69, 9.17) is 0 Å². The summed E-state index contributed by atoms with van der Waals surface area (Å²) in [5.74, 6) is -1.98. The molecule has 0 atom stereocenters. The Morgan fingerprint density at radius 3 is 2.48 bits per heavy atom. The zero-order valence-corrected chi connectivity index (χ0v) is 15.1. The molecule has 0 radical (unpaired) electrons. The van der Waals surface area contributed by atoms with Crippen molar-refractivity contribution in [2.24, 2.45) is 0 Å². The highest BCUT2D eigenvalue weighted by molar-refractivity contribution is 6.06. The number of amides is 1. The van der Waals surface area contributed by atoms with Crippen LogP contribution in [0.3, 0.4) is 0 Å². The van der Waals surface area contributed by atoms with Gasteiger partial charge < -0.3 is 10.2 Å². The minimum atomic E-state index is -0.880. The molecular weight excluding hydrogens is 352 g/mol. The topological polar surface area (TPSA) is 55.5 Å². The number of halogens is 2. The van der Waals surface area contributed by atoms with Crippen LogP contribution in [0.1, 0.15) is 10.4 Å². The van der Waals surface area contributed by atoms with Gasteiger partial charge in [0.2, 0.25) is 0 Å². The summed E-state index contributed by atoms with van der Waals surface area (Å²) in [7, 11) is 3.94. The molecule has 3 aromatic rings. The summed E-state index contributed by atoms with van der Waals surface area (Å²) in [6, 6.07) is 9.61. The fraction of sp³-hybridized carbons (Fsp3) is 0.200. The molecule has 0 saturated carbocycles. The average Bonchev–Trinajstić information content (AvgIpc) is 2.62. The molecule has 1 heterocycles. The molecule has 7 heteroatoms. The average molecular weight is 372 g/mol.